The van der Waals surface area contributed by atoms with Gasteiger partial charge in [0.1, 0.15) is 0 Å². The van der Waals surface area contributed by atoms with Crippen molar-refractivity contribution in [1.29, 1.82) is 0 Å². The lowest BCUT2D eigenvalue weighted by atomic mass is 10.3. The number of nitrogens with one attached hydrogen (secondary N) is 1. The Morgan fingerprint density at radius 2 is 1.80 bits per heavy atom. The Labute approximate surface area is 127 Å². The number of hydrogen-bond acceptors (Lipinski definition) is 2. The molecule has 0 unspecified atom stereocenters. The minimum atomic E-state index is -0.950. The third kappa shape index (κ3) is 5.27. The molecule has 110 valence electrons. The third-order valence-electron chi connectivity index (χ3n) is 2.56. The summed E-state index contributed by atoms with van der Waals surface area (Å²) in [6, 6.07) is 4.19. The normalized spacial score (nSPS) is 10.4. The van der Waals surface area contributed by atoms with Crippen molar-refractivity contribution in [3.63, 3.8) is 0 Å². The highest BCUT2D eigenvalue weighted by Gasteiger charge is 2.18. The number of carboxylic acid groups (broad SMARTS) is 1. The Hall–Kier alpha value is -1.46. The van der Waals surface area contributed by atoms with E-state index in [0.717, 1.165) is 0 Å². The summed E-state index contributed by atoms with van der Waals surface area (Å²) < 4.78 is 0. The van der Waals surface area contributed by atoms with Crippen LogP contribution in [0.1, 0.15) is 20.3 Å². The fourth-order valence-electron chi connectivity index (χ4n) is 1.63. The number of amides is 2. The topological polar surface area (TPSA) is 69.6 Å². The first-order chi connectivity index (χ1) is 9.29. The minimum absolute atomic E-state index is 0.109. The van der Waals surface area contributed by atoms with E-state index in [9.17, 15) is 9.59 Å². The zero-order chi connectivity index (χ0) is 15.3. The van der Waals surface area contributed by atoms with Crippen molar-refractivity contribution in [2.75, 3.05) is 11.9 Å². The van der Waals surface area contributed by atoms with Gasteiger partial charge in [0.15, 0.2) is 0 Å². The number of carbonyl (C=O) groups is 2. The molecule has 2 N–H and O–H groups in total. The average molecular weight is 319 g/mol. The zero-order valence-electron chi connectivity index (χ0n) is 11.2. The average Bonchev–Trinajstić information content (AvgIpc) is 2.26. The molecule has 0 saturated carbocycles. The number of carbonyl (C=O) groups excluding carboxylic acids is 1. The van der Waals surface area contributed by atoms with Crippen molar-refractivity contribution in [2.45, 2.75) is 26.3 Å². The molecule has 5 nitrogen and oxygen atoms in total. The molecule has 1 rings (SSSR count). The Morgan fingerprint density at radius 1 is 1.25 bits per heavy atom. The second-order valence-corrected chi connectivity index (χ2v) is 5.39. The van der Waals surface area contributed by atoms with Gasteiger partial charge in [-0.3, -0.25) is 4.79 Å². The SMILES string of the molecule is CC(C)N(CCC(=O)O)C(=O)Nc1cc(Cl)cc(Cl)c1. The van der Waals surface area contributed by atoms with Crippen molar-refractivity contribution in [2.24, 2.45) is 0 Å². The fraction of sp³-hybridized carbons (Fsp3) is 0.385. The van der Waals surface area contributed by atoms with Gasteiger partial charge in [-0.15, -0.1) is 0 Å². The van der Waals surface area contributed by atoms with Crippen LogP contribution < -0.4 is 5.32 Å². The van der Waals surface area contributed by atoms with E-state index in [1.807, 2.05) is 13.8 Å². The number of urea groups is 1. The van der Waals surface area contributed by atoms with E-state index >= 15 is 0 Å². The highest BCUT2D eigenvalue weighted by Crippen LogP contribution is 2.22. The Bertz CT molecular complexity index is 486. The van der Waals surface area contributed by atoms with Gasteiger partial charge in [0.05, 0.1) is 6.42 Å². The van der Waals surface area contributed by atoms with Crippen LogP contribution in [0.25, 0.3) is 0 Å². The molecular weight excluding hydrogens is 303 g/mol. The molecule has 0 heterocycles. The lowest BCUT2D eigenvalue weighted by Gasteiger charge is -2.26. The van der Waals surface area contributed by atoms with Crippen LogP contribution in [0.3, 0.4) is 0 Å². The van der Waals surface area contributed by atoms with Crippen molar-refractivity contribution < 1.29 is 14.7 Å². The van der Waals surface area contributed by atoms with Crippen LogP contribution >= 0.6 is 23.2 Å². The largest absolute Gasteiger partial charge is 0.481 e. The van der Waals surface area contributed by atoms with E-state index in [4.69, 9.17) is 28.3 Å². The molecule has 1 aromatic rings. The van der Waals surface area contributed by atoms with E-state index in [0.29, 0.717) is 15.7 Å². The molecule has 0 aliphatic rings. The van der Waals surface area contributed by atoms with Gasteiger partial charge in [0.2, 0.25) is 0 Å². The van der Waals surface area contributed by atoms with Crippen molar-refractivity contribution in [3.8, 4) is 0 Å². The second kappa shape index (κ2) is 7.36. The molecular formula is C13H16Cl2N2O3. The lowest BCUT2D eigenvalue weighted by molar-refractivity contribution is -0.137. The fourth-order valence-corrected chi connectivity index (χ4v) is 2.16. The Kier molecular flexibility index (Phi) is 6.10. The predicted octanol–water partition coefficient (Wildman–Crippen LogP) is 3.71. The predicted molar refractivity (Wildman–Crippen MR) is 79.6 cm³/mol. The molecule has 0 fully saturated rings. The maximum absolute atomic E-state index is 12.1. The molecule has 7 heteroatoms. The first-order valence-corrected chi connectivity index (χ1v) is 6.80. The number of aliphatic carboxylic acids is 1. The first kappa shape index (κ1) is 16.6. The summed E-state index contributed by atoms with van der Waals surface area (Å²) in [5.41, 5.74) is 0.466. The molecule has 0 bridgehead atoms. The number of anilines is 1. The number of carboxylic acids is 1. The summed E-state index contributed by atoms with van der Waals surface area (Å²) in [6.07, 6.45) is -0.109. The van der Waals surface area contributed by atoms with Gasteiger partial charge in [-0.05, 0) is 32.0 Å². The highest BCUT2D eigenvalue weighted by atomic mass is 35.5. The van der Waals surface area contributed by atoms with Crippen LogP contribution in [0.4, 0.5) is 10.5 Å². The Morgan fingerprint density at radius 3 is 2.25 bits per heavy atom. The molecule has 1 aromatic carbocycles. The third-order valence-corrected chi connectivity index (χ3v) is 3.00. The van der Waals surface area contributed by atoms with E-state index in [2.05, 4.69) is 5.32 Å². The second-order valence-electron chi connectivity index (χ2n) is 4.52. The summed E-state index contributed by atoms with van der Waals surface area (Å²) in [7, 11) is 0. The quantitative estimate of drug-likeness (QED) is 0.869. The summed E-state index contributed by atoms with van der Waals surface area (Å²) in [5, 5.41) is 12.2. The molecule has 0 atom stereocenters. The van der Waals surface area contributed by atoms with Gasteiger partial charge in [0.25, 0.3) is 0 Å². The minimum Gasteiger partial charge on any atom is -0.481 e. The van der Waals surface area contributed by atoms with E-state index in [1.54, 1.807) is 18.2 Å². The number of nitrogens with zero attached hydrogens (tertiary/aromatic N) is 1. The molecule has 2 amide bonds. The number of hydrogen-bond donors (Lipinski definition) is 2. The maximum Gasteiger partial charge on any atom is 0.322 e. The number of rotatable bonds is 5. The van der Waals surface area contributed by atoms with Gasteiger partial charge < -0.3 is 15.3 Å². The van der Waals surface area contributed by atoms with Crippen LogP contribution in [-0.4, -0.2) is 34.6 Å². The summed E-state index contributed by atoms with van der Waals surface area (Å²) in [4.78, 5) is 24.2. The highest BCUT2D eigenvalue weighted by molar-refractivity contribution is 6.35. The lowest BCUT2D eigenvalue weighted by Crippen LogP contribution is -2.41. The molecule has 0 aliphatic carbocycles. The summed E-state index contributed by atoms with van der Waals surface area (Å²) in [6.45, 7) is 3.76. The van der Waals surface area contributed by atoms with Crippen LogP contribution in [0.2, 0.25) is 10.0 Å². The van der Waals surface area contributed by atoms with E-state index in [-0.39, 0.29) is 25.0 Å². The summed E-state index contributed by atoms with van der Waals surface area (Å²) in [5.74, 6) is -0.950. The number of halogens is 2. The van der Waals surface area contributed by atoms with E-state index in [1.165, 1.54) is 4.90 Å². The van der Waals surface area contributed by atoms with E-state index < -0.39 is 5.97 Å². The van der Waals surface area contributed by atoms with Gasteiger partial charge in [-0.1, -0.05) is 23.2 Å². The molecule has 0 radical (unpaired) electrons. The standard InChI is InChI=1S/C13H16Cl2N2O3/c1-8(2)17(4-3-12(18)19)13(20)16-11-6-9(14)5-10(15)7-11/h5-8H,3-4H2,1-2H3,(H,16,20)(H,18,19). The zero-order valence-corrected chi connectivity index (χ0v) is 12.7. The van der Waals surface area contributed by atoms with Crippen molar-refractivity contribution in [1.82, 2.24) is 4.90 Å². The molecule has 0 aromatic heterocycles. The molecule has 20 heavy (non-hydrogen) atoms. The van der Waals surface area contributed by atoms with Crippen LogP contribution in [0.15, 0.2) is 18.2 Å². The van der Waals surface area contributed by atoms with Crippen LogP contribution in [0, 0.1) is 0 Å². The Balaban J connectivity index is 2.77. The summed E-state index contributed by atoms with van der Waals surface area (Å²) >= 11 is 11.7. The van der Waals surface area contributed by atoms with Crippen molar-refractivity contribution >= 4 is 40.9 Å². The first-order valence-electron chi connectivity index (χ1n) is 6.05. The maximum atomic E-state index is 12.1. The van der Waals surface area contributed by atoms with Gasteiger partial charge in [0, 0.05) is 28.3 Å². The van der Waals surface area contributed by atoms with Gasteiger partial charge in [-0.25, -0.2) is 4.79 Å². The van der Waals surface area contributed by atoms with Gasteiger partial charge >= 0.3 is 12.0 Å². The monoisotopic (exact) mass is 318 g/mol. The van der Waals surface area contributed by atoms with Gasteiger partial charge in [-0.2, -0.15) is 0 Å². The number of benzene rings is 1. The molecule has 0 aliphatic heterocycles. The molecule has 0 saturated heterocycles. The van der Waals surface area contributed by atoms with Crippen LogP contribution in [-0.2, 0) is 4.79 Å². The van der Waals surface area contributed by atoms with Crippen molar-refractivity contribution in [3.05, 3.63) is 28.2 Å². The molecule has 0 spiro atoms. The van der Waals surface area contributed by atoms with Crippen LogP contribution in [0.5, 0.6) is 0 Å². The smallest absolute Gasteiger partial charge is 0.322 e.